The number of thioether (sulfide) groups is 1. The maximum Gasteiger partial charge on any atom is 0.243 e. The Balaban J connectivity index is 2.20. The van der Waals surface area contributed by atoms with Gasteiger partial charge in [-0.3, -0.25) is 10.1 Å². The number of rotatable bonds is 8. The molecule has 1 unspecified atom stereocenters. The maximum atomic E-state index is 12.2. The van der Waals surface area contributed by atoms with Crippen LogP contribution < -0.4 is 11.1 Å². The first-order valence-corrected chi connectivity index (χ1v) is 8.03. The molecule has 5 heteroatoms. The van der Waals surface area contributed by atoms with Crippen molar-refractivity contribution in [2.75, 3.05) is 25.5 Å². The van der Waals surface area contributed by atoms with Crippen LogP contribution in [0.25, 0.3) is 0 Å². The third-order valence-electron chi connectivity index (χ3n) is 3.51. The molecular formula is C15H22N2O2S. The zero-order valence-electron chi connectivity index (χ0n) is 11.8. The monoisotopic (exact) mass is 294 g/mol. The summed E-state index contributed by atoms with van der Waals surface area (Å²) in [6.45, 7) is 4.38. The van der Waals surface area contributed by atoms with Gasteiger partial charge in [-0.1, -0.05) is 37.3 Å². The summed E-state index contributed by atoms with van der Waals surface area (Å²) in [6.07, 6.45) is 0.957. The van der Waals surface area contributed by atoms with Crippen molar-refractivity contribution in [3.05, 3.63) is 35.9 Å². The molecular weight excluding hydrogens is 272 g/mol. The summed E-state index contributed by atoms with van der Waals surface area (Å²) in [5.74, 6) is 0.324. The number of primary amides is 1. The summed E-state index contributed by atoms with van der Waals surface area (Å²) in [7, 11) is 0. The van der Waals surface area contributed by atoms with Crippen molar-refractivity contribution >= 4 is 17.7 Å². The molecule has 0 aliphatic carbocycles. The van der Waals surface area contributed by atoms with E-state index in [4.69, 9.17) is 10.5 Å². The van der Waals surface area contributed by atoms with E-state index in [0.29, 0.717) is 11.0 Å². The molecule has 1 fully saturated rings. The van der Waals surface area contributed by atoms with Crippen LogP contribution >= 0.6 is 11.8 Å². The van der Waals surface area contributed by atoms with Crippen LogP contribution in [0.3, 0.4) is 0 Å². The fourth-order valence-electron chi connectivity index (χ4n) is 2.15. The van der Waals surface area contributed by atoms with Crippen LogP contribution in [-0.2, 0) is 15.1 Å². The second kappa shape index (κ2) is 7.11. The van der Waals surface area contributed by atoms with Gasteiger partial charge in [0, 0.05) is 5.75 Å². The van der Waals surface area contributed by atoms with Gasteiger partial charge in [0.25, 0.3) is 0 Å². The summed E-state index contributed by atoms with van der Waals surface area (Å²) in [6, 6.07) is 9.76. The molecule has 1 heterocycles. The Morgan fingerprint density at radius 3 is 2.65 bits per heavy atom. The minimum atomic E-state index is -0.794. The smallest absolute Gasteiger partial charge is 0.243 e. The number of carbonyl (C=O) groups excluding carboxylic acids is 1. The highest BCUT2D eigenvalue weighted by molar-refractivity contribution is 8.00. The van der Waals surface area contributed by atoms with Crippen molar-refractivity contribution in [2.45, 2.75) is 24.1 Å². The van der Waals surface area contributed by atoms with E-state index in [1.54, 1.807) is 11.8 Å². The lowest BCUT2D eigenvalue weighted by Gasteiger charge is -2.35. The first-order valence-electron chi connectivity index (χ1n) is 6.99. The molecule has 1 amide bonds. The van der Waals surface area contributed by atoms with Crippen LogP contribution in [0.1, 0.15) is 18.9 Å². The van der Waals surface area contributed by atoms with Crippen molar-refractivity contribution in [1.82, 2.24) is 5.32 Å². The quantitative estimate of drug-likeness (QED) is 0.762. The number of ether oxygens (including phenoxy) is 1. The fourth-order valence-corrected chi connectivity index (χ4v) is 3.43. The van der Waals surface area contributed by atoms with Gasteiger partial charge in [-0.2, -0.15) is 11.8 Å². The Morgan fingerprint density at radius 2 is 2.15 bits per heavy atom. The number of nitrogens with one attached hydrogen (secondary N) is 1. The Hall–Kier alpha value is -1.04. The number of benzene rings is 1. The zero-order valence-corrected chi connectivity index (χ0v) is 12.6. The highest BCUT2D eigenvalue weighted by atomic mass is 32.2. The van der Waals surface area contributed by atoms with E-state index in [1.807, 2.05) is 30.3 Å². The molecule has 3 N–H and O–H groups in total. The summed E-state index contributed by atoms with van der Waals surface area (Å²) < 4.78 is 5.19. The summed E-state index contributed by atoms with van der Waals surface area (Å²) >= 11 is 1.76. The lowest BCUT2D eigenvalue weighted by molar-refractivity contribution is -0.123. The average Bonchev–Trinajstić information content (AvgIpc) is 2.41. The number of carbonyl (C=O) groups is 1. The second-order valence-electron chi connectivity index (χ2n) is 5.03. The molecule has 2 rings (SSSR count). The van der Waals surface area contributed by atoms with Gasteiger partial charge in [-0.05, 0) is 18.5 Å². The van der Waals surface area contributed by atoms with Gasteiger partial charge in [0.15, 0.2) is 0 Å². The SMILES string of the molecule is CCCNC(CSC1COC1)(C(N)=O)c1ccccc1. The minimum absolute atomic E-state index is 0.315. The van der Waals surface area contributed by atoms with E-state index in [-0.39, 0.29) is 5.91 Å². The van der Waals surface area contributed by atoms with E-state index in [0.717, 1.165) is 31.7 Å². The van der Waals surface area contributed by atoms with E-state index in [2.05, 4.69) is 12.2 Å². The maximum absolute atomic E-state index is 12.2. The summed E-state index contributed by atoms with van der Waals surface area (Å²) in [5, 5.41) is 3.84. The van der Waals surface area contributed by atoms with Crippen LogP contribution in [0.4, 0.5) is 0 Å². The molecule has 1 saturated heterocycles. The molecule has 20 heavy (non-hydrogen) atoms. The predicted molar refractivity (Wildman–Crippen MR) is 82.7 cm³/mol. The molecule has 110 valence electrons. The molecule has 1 aromatic carbocycles. The Kier molecular flexibility index (Phi) is 5.46. The topological polar surface area (TPSA) is 64.3 Å². The highest BCUT2D eigenvalue weighted by Gasteiger charge is 2.39. The van der Waals surface area contributed by atoms with Crippen LogP contribution in [0.2, 0.25) is 0 Å². The molecule has 0 spiro atoms. The Labute approximate surface area is 124 Å². The third-order valence-corrected chi connectivity index (χ3v) is 4.85. The van der Waals surface area contributed by atoms with Gasteiger partial charge in [0.2, 0.25) is 5.91 Å². The van der Waals surface area contributed by atoms with E-state index in [9.17, 15) is 4.79 Å². The molecule has 0 radical (unpaired) electrons. The van der Waals surface area contributed by atoms with Crippen molar-refractivity contribution in [3.8, 4) is 0 Å². The van der Waals surface area contributed by atoms with Gasteiger partial charge in [0.05, 0.1) is 18.5 Å². The van der Waals surface area contributed by atoms with Gasteiger partial charge >= 0.3 is 0 Å². The van der Waals surface area contributed by atoms with E-state index < -0.39 is 5.54 Å². The van der Waals surface area contributed by atoms with Crippen molar-refractivity contribution in [1.29, 1.82) is 0 Å². The highest BCUT2D eigenvalue weighted by Crippen LogP contribution is 2.30. The van der Waals surface area contributed by atoms with Crippen LogP contribution in [0.15, 0.2) is 30.3 Å². The molecule has 0 saturated carbocycles. The average molecular weight is 294 g/mol. The lowest BCUT2D eigenvalue weighted by Crippen LogP contribution is -2.55. The lowest BCUT2D eigenvalue weighted by atomic mass is 9.91. The molecule has 0 aromatic heterocycles. The van der Waals surface area contributed by atoms with Crippen LogP contribution in [0, 0.1) is 0 Å². The zero-order chi connectivity index (χ0) is 14.4. The molecule has 4 nitrogen and oxygen atoms in total. The fraction of sp³-hybridized carbons (Fsp3) is 0.533. The Bertz CT molecular complexity index is 437. The molecule has 0 bridgehead atoms. The summed E-state index contributed by atoms with van der Waals surface area (Å²) in [5.41, 5.74) is 5.89. The molecule has 1 aliphatic rings. The normalized spacial score (nSPS) is 18.2. The van der Waals surface area contributed by atoms with Gasteiger partial charge in [-0.25, -0.2) is 0 Å². The molecule has 1 atom stereocenters. The van der Waals surface area contributed by atoms with E-state index in [1.165, 1.54) is 0 Å². The predicted octanol–water partition coefficient (Wildman–Crippen LogP) is 1.50. The van der Waals surface area contributed by atoms with Crippen molar-refractivity contribution in [3.63, 3.8) is 0 Å². The number of hydrogen-bond donors (Lipinski definition) is 2. The first kappa shape index (κ1) is 15.4. The molecule has 1 aromatic rings. The van der Waals surface area contributed by atoms with Crippen LogP contribution in [-0.4, -0.2) is 36.7 Å². The van der Waals surface area contributed by atoms with Crippen LogP contribution in [0.5, 0.6) is 0 Å². The summed E-state index contributed by atoms with van der Waals surface area (Å²) in [4.78, 5) is 12.2. The van der Waals surface area contributed by atoms with Gasteiger partial charge < -0.3 is 10.5 Å². The standard InChI is InChI=1S/C15H22N2O2S/c1-2-8-17-15(14(16)18,11-20-13-9-19-10-13)12-6-4-3-5-7-12/h3-7,13,17H,2,8-11H2,1H3,(H2,16,18). The van der Waals surface area contributed by atoms with Gasteiger partial charge in [0.1, 0.15) is 5.54 Å². The third kappa shape index (κ3) is 3.34. The number of amides is 1. The minimum Gasteiger partial charge on any atom is -0.379 e. The number of nitrogens with two attached hydrogens (primary N) is 1. The van der Waals surface area contributed by atoms with Crippen molar-refractivity contribution < 1.29 is 9.53 Å². The molecule has 1 aliphatic heterocycles. The second-order valence-corrected chi connectivity index (χ2v) is 6.32. The largest absolute Gasteiger partial charge is 0.379 e. The van der Waals surface area contributed by atoms with Gasteiger partial charge in [-0.15, -0.1) is 0 Å². The van der Waals surface area contributed by atoms with E-state index >= 15 is 0 Å². The number of hydrogen-bond acceptors (Lipinski definition) is 4. The Morgan fingerprint density at radius 1 is 1.45 bits per heavy atom. The van der Waals surface area contributed by atoms with Crippen molar-refractivity contribution in [2.24, 2.45) is 5.73 Å². The first-order chi connectivity index (χ1) is 9.69.